The van der Waals surface area contributed by atoms with E-state index in [-0.39, 0.29) is 11.7 Å². The summed E-state index contributed by atoms with van der Waals surface area (Å²) in [6.45, 7) is 7.97. The lowest BCUT2D eigenvalue weighted by molar-refractivity contribution is 0.0579. The van der Waals surface area contributed by atoms with Gasteiger partial charge in [0.2, 0.25) is 5.82 Å². The van der Waals surface area contributed by atoms with Crippen LogP contribution in [-0.2, 0) is 0 Å². The van der Waals surface area contributed by atoms with Crippen LogP contribution in [0.3, 0.4) is 0 Å². The van der Waals surface area contributed by atoms with Crippen LogP contribution in [0.2, 0.25) is 0 Å². The van der Waals surface area contributed by atoms with Crippen LogP contribution in [0.4, 0.5) is 5.82 Å². The van der Waals surface area contributed by atoms with Gasteiger partial charge in [-0.25, -0.2) is 15.0 Å². The van der Waals surface area contributed by atoms with Gasteiger partial charge in [0.1, 0.15) is 5.82 Å². The number of likely N-dealkylation sites (tertiary alicyclic amines) is 2. The SMILES string of the molecule is Cc1cc(C)c2c(N(C)C)nc(C(=O)N3CCC(N4CCCCC4)CC3)nc2n1. The number of pyridine rings is 1. The summed E-state index contributed by atoms with van der Waals surface area (Å²) in [6.07, 6.45) is 6.05. The lowest BCUT2D eigenvalue weighted by atomic mass is 10.00. The van der Waals surface area contributed by atoms with E-state index in [1.54, 1.807) is 0 Å². The second-order valence-corrected chi connectivity index (χ2v) is 8.66. The number of carbonyl (C=O) groups excluding carboxylic acids is 1. The predicted octanol–water partition coefficient (Wildman–Crippen LogP) is 2.80. The fraction of sp³-hybridized carbons (Fsp3) is 0.636. The molecule has 0 bridgehead atoms. The number of rotatable bonds is 3. The molecular formula is C22H32N6O. The van der Waals surface area contributed by atoms with Crippen LogP contribution in [0.5, 0.6) is 0 Å². The Labute approximate surface area is 173 Å². The van der Waals surface area contributed by atoms with Gasteiger partial charge in [-0.1, -0.05) is 6.42 Å². The summed E-state index contributed by atoms with van der Waals surface area (Å²) >= 11 is 0. The van der Waals surface area contributed by atoms with E-state index in [2.05, 4.69) is 19.9 Å². The molecule has 4 heterocycles. The molecule has 2 aliphatic heterocycles. The van der Waals surface area contributed by atoms with Crippen molar-refractivity contribution >= 4 is 22.8 Å². The minimum absolute atomic E-state index is 0.0759. The minimum Gasteiger partial charge on any atom is -0.362 e. The normalized spacial score (nSPS) is 19.0. The van der Waals surface area contributed by atoms with Crippen LogP contribution in [0.25, 0.3) is 11.0 Å². The smallest absolute Gasteiger partial charge is 0.291 e. The summed E-state index contributed by atoms with van der Waals surface area (Å²) < 4.78 is 0. The van der Waals surface area contributed by atoms with Crippen molar-refractivity contribution in [2.45, 2.75) is 52.0 Å². The maximum Gasteiger partial charge on any atom is 0.291 e. The van der Waals surface area contributed by atoms with Gasteiger partial charge in [-0.05, 0) is 64.3 Å². The Balaban J connectivity index is 1.56. The van der Waals surface area contributed by atoms with E-state index in [1.165, 1.54) is 32.4 Å². The zero-order valence-corrected chi connectivity index (χ0v) is 18.1. The first-order valence-corrected chi connectivity index (χ1v) is 10.8. The standard InChI is InChI=1S/C22H32N6O/c1-15-14-16(2)23-19-18(15)21(26(3)4)25-20(24-19)22(29)28-12-8-17(9-13-28)27-10-6-5-7-11-27/h14,17H,5-13H2,1-4H3. The number of aromatic nitrogens is 3. The molecule has 2 saturated heterocycles. The van der Waals surface area contributed by atoms with Crippen molar-refractivity contribution < 1.29 is 4.79 Å². The van der Waals surface area contributed by atoms with E-state index >= 15 is 0 Å². The van der Waals surface area contributed by atoms with Gasteiger partial charge >= 0.3 is 0 Å². The number of fused-ring (bicyclic) bond motifs is 1. The first-order valence-electron chi connectivity index (χ1n) is 10.8. The number of nitrogens with zero attached hydrogens (tertiary/aromatic N) is 6. The molecule has 2 aromatic heterocycles. The Kier molecular flexibility index (Phi) is 5.67. The molecule has 0 atom stereocenters. The molecule has 4 rings (SSSR count). The molecule has 0 saturated carbocycles. The second kappa shape index (κ2) is 8.22. The number of carbonyl (C=O) groups is 1. The Morgan fingerprint density at radius 3 is 2.34 bits per heavy atom. The zero-order chi connectivity index (χ0) is 20.5. The summed E-state index contributed by atoms with van der Waals surface area (Å²) in [6, 6.07) is 2.65. The summed E-state index contributed by atoms with van der Waals surface area (Å²) in [4.78, 5) is 33.5. The maximum atomic E-state index is 13.2. The molecule has 2 fully saturated rings. The van der Waals surface area contributed by atoms with Gasteiger partial charge in [0.25, 0.3) is 5.91 Å². The highest BCUT2D eigenvalue weighted by Crippen LogP contribution is 2.27. The lowest BCUT2D eigenvalue weighted by Gasteiger charge is -2.40. The fourth-order valence-corrected chi connectivity index (χ4v) is 4.73. The van der Waals surface area contributed by atoms with E-state index < -0.39 is 0 Å². The molecule has 0 N–H and O–H groups in total. The van der Waals surface area contributed by atoms with E-state index in [4.69, 9.17) is 0 Å². The molecular weight excluding hydrogens is 364 g/mol. The molecule has 29 heavy (non-hydrogen) atoms. The van der Waals surface area contributed by atoms with Crippen LogP contribution < -0.4 is 4.90 Å². The zero-order valence-electron chi connectivity index (χ0n) is 18.1. The number of piperidine rings is 2. The van der Waals surface area contributed by atoms with Crippen molar-refractivity contribution in [1.82, 2.24) is 24.8 Å². The average Bonchev–Trinajstić information content (AvgIpc) is 2.72. The third-order valence-electron chi connectivity index (χ3n) is 6.25. The highest BCUT2D eigenvalue weighted by Gasteiger charge is 2.29. The van der Waals surface area contributed by atoms with E-state index in [9.17, 15) is 4.79 Å². The summed E-state index contributed by atoms with van der Waals surface area (Å²) in [5, 5.41) is 0.918. The van der Waals surface area contributed by atoms with Crippen LogP contribution in [0.1, 0.15) is 54.0 Å². The van der Waals surface area contributed by atoms with Gasteiger partial charge < -0.3 is 14.7 Å². The molecule has 156 valence electrons. The molecule has 1 amide bonds. The highest BCUT2D eigenvalue weighted by atomic mass is 16.2. The van der Waals surface area contributed by atoms with Gasteiger partial charge in [0.15, 0.2) is 5.65 Å². The summed E-state index contributed by atoms with van der Waals surface area (Å²) in [7, 11) is 3.89. The topological polar surface area (TPSA) is 65.5 Å². The van der Waals surface area contributed by atoms with Gasteiger partial charge in [0.05, 0.1) is 5.39 Å². The van der Waals surface area contributed by atoms with Crippen molar-refractivity contribution in [2.75, 3.05) is 45.2 Å². The Morgan fingerprint density at radius 1 is 1.00 bits per heavy atom. The van der Waals surface area contributed by atoms with Crippen molar-refractivity contribution in [3.05, 3.63) is 23.1 Å². The quantitative estimate of drug-likeness (QED) is 0.795. The van der Waals surface area contributed by atoms with Gasteiger partial charge in [-0.3, -0.25) is 4.79 Å². The predicted molar refractivity (Wildman–Crippen MR) is 115 cm³/mol. The van der Waals surface area contributed by atoms with Crippen LogP contribution in [0.15, 0.2) is 6.07 Å². The number of hydrogen-bond donors (Lipinski definition) is 0. The third-order valence-corrected chi connectivity index (χ3v) is 6.25. The first-order chi connectivity index (χ1) is 13.9. The molecule has 0 aromatic carbocycles. The highest BCUT2D eigenvalue weighted by molar-refractivity contribution is 5.96. The number of amides is 1. The fourth-order valence-electron chi connectivity index (χ4n) is 4.73. The first kappa shape index (κ1) is 20.0. The molecule has 7 nitrogen and oxygen atoms in total. The van der Waals surface area contributed by atoms with E-state index in [1.807, 2.05) is 43.8 Å². The van der Waals surface area contributed by atoms with Crippen LogP contribution in [0, 0.1) is 13.8 Å². The Bertz CT molecular complexity index is 898. The molecule has 0 unspecified atom stereocenters. The largest absolute Gasteiger partial charge is 0.362 e. The molecule has 0 aliphatic carbocycles. The van der Waals surface area contributed by atoms with Gasteiger partial charge in [0, 0.05) is 38.9 Å². The lowest BCUT2D eigenvalue weighted by Crippen LogP contribution is -2.48. The number of anilines is 1. The molecule has 2 aliphatic rings. The average molecular weight is 397 g/mol. The number of aryl methyl sites for hydroxylation is 2. The third kappa shape index (κ3) is 4.06. The Morgan fingerprint density at radius 2 is 1.69 bits per heavy atom. The van der Waals surface area contributed by atoms with Gasteiger partial charge in [-0.15, -0.1) is 0 Å². The number of hydrogen-bond acceptors (Lipinski definition) is 6. The second-order valence-electron chi connectivity index (χ2n) is 8.66. The summed E-state index contributed by atoms with van der Waals surface area (Å²) in [5.74, 6) is 0.940. The minimum atomic E-state index is -0.0759. The van der Waals surface area contributed by atoms with Crippen molar-refractivity contribution in [3.8, 4) is 0 Å². The van der Waals surface area contributed by atoms with Crippen LogP contribution in [-0.4, -0.2) is 77.0 Å². The molecule has 0 radical (unpaired) electrons. The monoisotopic (exact) mass is 396 g/mol. The molecule has 7 heteroatoms. The van der Waals surface area contributed by atoms with Crippen molar-refractivity contribution in [3.63, 3.8) is 0 Å². The van der Waals surface area contributed by atoms with E-state index in [0.29, 0.717) is 11.7 Å². The molecule has 2 aromatic rings. The maximum absolute atomic E-state index is 13.2. The Hall–Kier alpha value is -2.28. The van der Waals surface area contributed by atoms with E-state index in [0.717, 1.165) is 48.4 Å². The van der Waals surface area contributed by atoms with Crippen molar-refractivity contribution in [2.24, 2.45) is 0 Å². The molecule has 0 spiro atoms. The van der Waals surface area contributed by atoms with Crippen molar-refractivity contribution in [1.29, 1.82) is 0 Å². The summed E-state index contributed by atoms with van der Waals surface area (Å²) in [5.41, 5.74) is 2.59. The van der Waals surface area contributed by atoms with Crippen LogP contribution >= 0.6 is 0 Å². The van der Waals surface area contributed by atoms with Gasteiger partial charge in [-0.2, -0.15) is 0 Å².